The second-order valence-electron chi connectivity index (χ2n) is 8.46. The number of benzene rings is 1. The SMILES string of the molecule is Cc1cc(C(=O)N2CCCC(c3nc(-c4ccncc4)ncc3-c3ccccc3C)C2)no1. The van der Waals surface area contributed by atoms with Gasteiger partial charge < -0.3 is 9.42 Å². The number of piperidine rings is 1. The monoisotopic (exact) mass is 439 g/mol. The van der Waals surface area contributed by atoms with Crippen molar-refractivity contribution in [1.82, 2.24) is 25.0 Å². The van der Waals surface area contributed by atoms with Crippen LogP contribution in [0, 0.1) is 13.8 Å². The summed E-state index contributed by atoms with van der Waals surface area (Å²) < 4.78 is 5.12. The van der Waals surface area contributed by atoms with Gasteiger partial charge in [-0.3, -0.25) is 9.78 Å². The molecule has 0 bridgehead atoms. The van der Waals surface area contributed by atoms with Crippen LogP contribution in [-0.4, -0.2) is 44.0 Å². The molecule has 33 heavy (non-hydrogen) atoms. The van der Waals surface area contributed by atoms with Crippen molar-refractivity contribution in [1.29, 1.82) is 0 Å². The number of hydrogen-bond acceptors (Lipinski definition) is 6. The Bertz CT molecular complexity index is 1280. The molecule has 1 amide bonds. The summed E-state index contributed by atoms with van der Waals surface area (Å²) in [5.74, 6) is 1.29. The number of rotatable bonds is 4. The van der Waals surface area contributed by atoms with Gasteiger partial charge in [0.25, 0.3) is 5.91 Å². The average molecular weight is 440 g/mol. The second-order valence-corrected chi connectivity index (χ2v) is 8.46. The minimum atomic E-state index is -0.0996. The fourth-order valence-electron chi connectivity index (χ4n) is 4.44. The minimum Gasteiger partial charge on any atom is -0.361 e. The first kappa shape index (κ1) is 21.0. The normalized spacial score (nSPS) is 16.1. The predicted molar refractivity (Wildman–Crippen MR) is 125 cm³/mol. The van der Waals surface area contributed by atoms with Crippen molar-refractivity contribution >= 4 is 5.91 Å². The maximum absolute atomic E-state index is 13.1. The van der Waals surface area contributed by atoms with Crippen LogP contribution < -0.4 is 0 Å². The highest BCUT2D eigenvalue weighted by Crippen LogP contribution is 2.35. The van der Waals surface area contributed by atoms with Gasteiger partial charge in [-0.25, -0.2) is 9.97 Å². The van der Waals surface area contributed by atoms with Crippen molar-refractivity contribution in [3.05, 3.63) is 83.8 Å². The second kappa shape index (κ2) is 8.94. The van der Waals surface area contributed by atoms with E-state index < -0.39 is 0 Å². The number of aromatic nitrogens is 4. The molecule has 0 N–H and O–H groups in total. The first-order valence-corrected chi connectivity index (χ1v) is 11.2. The van der Waals surface area contributed by atoms with Gasteiger partial charge in [-0.2, -0.15) is 0 Å². The molecule has 1 unspecified atom stereocenters. The van der Waals surface area contributed by atoms with Crippen molar-refractivity contribution in [3.63, 3.8) is 0 Å². The molecule has 1 fully saturated rings. The topological polar surface area (TPSA) is 85.0 Å². The molecule has 1 saturated heterocycles. The van der Waals surface area contributed by atoms with E-state index in [0.717, 1.165) is 35.2 Å². The smallest absolute Gasteiger partial charge is 0.276 e. The van der Waals surface area contributed by atoms with Gasteiger partial charge in [0, 0.05) is 54.8 Å². The zero-order valence-electron chi connectivity index (χ0n) is 18.7. The van der Waals surface area contributed by atoms with Crippen molar-refractivity contribution in [2.24, 2.45) is 0 Å². The molecule has 0 saturated carbocycles. The fourth-order valence-corrected chi connectivity index (χ4v) is 4.44. The van der Waals surface area contributed by atoms with Crippen LogP contribution in [0.4, 0.5) is 0 Å². The third kappa shape index (κ3) is 4.26. The molecule has 0 spiro atoms. The lowest BCUT2D eigenvalue weighted by atomic mass is 9.88. The Balaban J connectivity index is 1.54. The van der Waals surface area contributed by atoms with Gasteiger partial charge in [0.1, 0.15) is 5.76 Å². The number of carbonyl (C=O) groups is 1. The van der Waals surface area contributed by atoms with E-state index in [0.29, 0.717) is 30.4 Å². The van der Waals surface area contributed by atoms with Crippen molar-refractivity contribution in [3.8, 4) is 22.5 Å². The summed E-state index contributed by atoms with van der Waals surface area (Å²) in [6.07, 6.45) is 7.26. The van der Waals surface area contributed by atoms with Gasteiger partial charge in [0.15, 0.2) is 11.5 Å². The van der Waals surface area contributed by atoms with E-state index >= 15 is 0 Å². The summed E-state index contributed by atoms with van der Waals surface area (Å²) in [5.41, 5.74) is 5.55. The third-order valence-corrected chi connectivity index (χ3v) is 6.13. The molecule has 4 aromatic rings. The van der Waals surface area contributed by atoms with Crippen molar-refractivity contribution in [2.45, 2.75) is 32.6 Å². The molecular formula is C26H25N5O2. The summed E-state index contributed by atoms with van der Waals surface area (Å²) in [7, 11) is 0. The molecule has 1 aliphatic heterocycles. The van der Waals surface area contributed by atoms with E-state index in [1.165, 1.54) is 5.56 Å². The zero-order chi connectivity index (χ0) is 22.8. The third-order valence-electron chi connectivity index (χ3n) is 6.13. The predicted octanol–water partition coefficient (Wildman–Crippen LogP) is 4.83. The number of likely N-dealkylation sites (tertiary alicyclic amines) is 1. The molecule has 7 nitrogen and oxygen atoms in total. The van der Waals surface area contributed by atoms with E-state index in [4.69, 9.17) is 9.51 Å². The van der Waals surface area contributed by atoms with Crippen LogP contribution in [0.1, 0.15) is 46.3 Å². The van der Waals surface area contributed by atoms with Gasteiger partial charge in [-0.1, -0.05) is 29.4 Å². The van der Waals surface area contributed by atoms with Crippen LogP contribution in [0.25, 0.3) is 22.5 Å². The molecule has 1 atom stereocenters. The van der Waals surface area contributed by atoms with Crippen LogP contribution >= 0.6 is 0 Å². The molecule has 5 rings (SSSR count). The van der Waals surface area contributed by atoms with Crippen LogP contribution in [0.2, 0.25) is 0 Å². The summed E-state index contributed by atoms with van der Waals surface area (Å²) in [6.45, 7) is 5.16. The molecular weight excluding hydrogens is 414 g/mol. The zero-order valence-corrected chi connectivity index (χ0v) is 18.7. The Labute approximate surface area is 192 Å². The average Bonchev–Trinajstić information content (AvgIpc) is 3.30. The van der Waals surface area contributed by atoms with Gasteiger partial charge in [-0.15, -0.1) is 0 Å². The van der Waals surface area contributed by atoms with Gasteiger partial charge in [0.05, 0.1) is 5.69 Å². The Morgan fingerprint density at radius 3 is 2.67 bits per heavy atom. The number of aryl methyl sites for hydroxylation is 2. The molecule has 166 valence electrons. The fraction of sp³-hybridized carbons (Fsp3) is 0.269. The molecule has 3 aromatic heterocycles. The van der Waals surface area contributed by atoms with Gasteiger partial charge in [0.2, 0.25) is 0 Å². The number of pyridine rings is 1. The highest BCUT2D eigenvalue weighted by Gasteiger charge is 2.30. The van der Waals surface area contributed by atoms with E-state index in [1.54, 1.807) is 25.4 Å². The Kier molecular flexibility index (Phi) is 5.69. The summed E-state index contributed by atoms with van der Waals surface area (Å²) in [4.78, 5) is 28.7. The van der Waals surface area contributed by atoms with Crippen LogP contribution in [0.3, 0.4) is 0 Å². The standard InChI is InChI=1S/C26H25N5O2/c1-17-6-3-4-8-21(17)22-15-28-25(19-9-11-27-12-10-19)29-24(22)20-7-5-13-31(16-20)26(32)23-14-18(2)33-30-23/h3-4,6,8-12,14-15,20H,5,7,13,16H2,1-2H3. The highest BCUT2D eigenvalue weighted by atomic mass is 16.5. The number of carbonyl (C=O) groups excluding carboxylic acids is 1. The summed E-state index contributed by atoms with van der Waals surface area (Å²) in [5, 5.41) is 3.92. The summed E-state index contributed by atoms with van der Waals surface area (Å²) >= 11 is 0. The number of amides is 1. The van der Waals surface area contributed by atoms with E-state index in [-0.39, 0.29) is 11.8 Å². The van der Waals surface area contributed by atoms with E-state index in [9.17, 15) is 4.79 Å². The van der Waals surface area contributed by atoms with E-state index in [2.05, 4.69) is 34.2 Å². The van der Waals surface area contributed by atoms with Gasteiger partial charge in [-0.05, 0) is 49.9 Å². The quantitative estimate of drug-likeness (QED) is 0.453. The first-order valence-electron chi connectivity index (χ1n) is 11.2. The number of hydrogen-bond donors (Lipinski definition) is 0. The lowest BCUT2D eigenvalue weighted by Crippen LogP contribution is -2.39. The van der Waals surface area contributed by atoms with Crippen molar-refractivity contribution in [2.75, 3.05) is 13.1 Å². The Hall–Kier alpha value is -3.87. The maximum Gasteiger partial charge on any atom is 0.276 e. The minimum absolute atomic E-state index is 0.0916. The molecule has 7 heteroatoms. The van der Waals surface area contributed by atoms with Crippen LogP contribution in [0.15, 0.2) is 65.6 Å². The molecule has 4 heterocycles. The Morgan fingerprint density at radius 2 is 1.91 bits per heavy atom. The first-order chi connectivity index (χ1) is 16.1. The largest absolute Gasteiger partial charge is 0.361 e. The highest BCUT2D eigenvalue weighted by molar-refractivity contribution is 5.92. The van der Waals surface area contributed by atoms with Crippen LogP contribution in [0.5, 0.6) is 0 Å². The van der Waals surface area contributed by atoms with Gasteiger partial charge >= 0.3 is 0 Å². The molecule has 1 aliphatic rings. The lowest BCUT2D eigenvalue weighted by Gasteiger charge is -2.33. The molecule has 0 radical (unpaired) electrons. The molecule has 0 aliphatic carbocycles. The van der Waals surface area contributed by atoms with Crippen LogP contribution in [-0.2, 0) is 0 Å². The Morgan fingerprint density at radius 1 is 1.09 bits per heavy atom. The lowest BCUT2D eigenvalue weighted by molar-refractivity contribution is 0.0695. The number of nitrogens with zero attached hydrogens (tertiary/aromatic N) is 5. The molecule has 1 aromatic carbocycles. The summed E-state index contributed by atoms with van der Waals surface area (Å²) in [6, 6.07) is 13.8. The van der Waals surface area contributed by atoms with E-state index in [1.807, 2.05) is 35.4 Å². The maximum atomic E-state index is 13.1. The van der Waals surface area contributed by atoms with Crippen molar-refractivity contribution < 1.29 is 9.32 Å².